The number of nitrogens with zero attached hydrogens (tertiary/aromatic N) is 4. The van der Waals surface area contributed by atoms with Crippen LogP contribution in [0.25, 0.3) is 5.69 Å². The van der Waals surface area contributed by atoms with E-state index in [4.69, 9.17) is 23.2 Å². The fourth-order valence-electron chi connectivity index (χ4n) is 3.15. The Bertz CT molecular complexity index is 760. The van der Waals surface area contributed by atoms with E-state index >= 15 is 0 Å². The number of aromatic nitrogens is 3. The number of nitrogens with one attached hydrogen (secondary N) is 1. The highest BCUT2D eigenvalue weighted by Crippen LogP contribution is 2.29. The normalized spacial score (nSPS) is 16.6. The van der Waals surface area contributed by atoms with Gasteiger partial charge in [0.15, 0.2) is 0 Å². The number of benzene rings is 1. The quantitative estimate of drug-likeness (QED) is 0.809. The van der Waals surface area contributed by atoms with E-state index in [0.29, 0.717) is 33.9 Å². The van der Waals surface area contributed by atoms with Crippen molar-refractivity contribution in [3.63, 3.8) is 0 Å². The van der Waals surface area contributed by atoms with E-state index in [-0.39, 0.29) is 24.1 Å². The van der Waals surface area contributed by atoms with Crippen LogP contribution >= 0.6 is 35.6 Å². The SMILES string of the molecule is CCc1nc(C(=O)N2CCC(CNC)C2)nn1-c1c(Cl)cccc1Cl.Cl. The monoisotopic (exact) mass is 417 g/mol. The molecule has 1 atom stereocenters. The van der Waals surface area contributed by atoms with Crippen LogP contribution in [-0.2, 0) is 6.42 Å². The number of hydrogen-bond donors (Lipinski definition) is 1. The minimum atomic E-state index is -0.143. The third kappa shape index (κ3) is 4.14. The molecule has 1 saturated heterocycles. The van der Waals surface area contributed by atoms with Crippen LogP contribution in [0.2, 0.25) is 10.0 Å². The predicted molar refractivity (Wildman–Crippen MR) is 106 cm³/mol. The minimum Gasteiger partial charge on any atom is -0.336 e. The highest BCUT2D eigenvalue weighted by Gasteiger charge is 2.29. The largest absolute Gasteiger partial charge is 0.336 e. The number of likely N-dealkylation sites (tertiary alicyclic amines) is 1. The number of para-hydroxylation sites is 1. The molecule has 26 heavy (non-hydrogen) atoms. The first kappa shape index (κ1) is 21.0. The summed E-state index contributed by atoms with van der Waals surface area (Å²) >= 11 is 12.6. The zero-order valence-corrected chi connectivity index (χ0v) is 17.0. The van der Waals surface area contributed by atoms with Gasteiger partial charge in [0.25, 0.3) is 5.91 Å². The van der Waals surface area contributed by atoms with Gasteiger partial charge < -0.3 is 10.2 Å². The van der Waals surface area contributed by atoms with Crippen LogP contribution in [0.4, 0.5) is 0 Å². The molecule has 6 nitrogen and oxygen atoms in total. The molecule has 142 valence electrons. The minimum absolute atomic E-state index is 0. The average Bonchev–Trinajstić information content (AvgIpc) is 3.21. The van der Waals surface area contributed by atoms with E-state index in [9.17, 15) is 4.79 Å². The van der Waals surface area contributed by atoms with E-state index in [0.717, 1.165) is 26.1 Å². The maximum absolute atomic E-state index is 12.8. The molecule has 0 spiro atoms. The summed E-state index contributed by atoms with van der Waals surface area (Å²) < 4.78 is 1.58. The molecule has 2 aromatic rings. The number of aryl methyl sites for hydroxylation is 1. The number of rotatable bonds is 5. The van der Waals surface area contributed by atoms with Crippen molar-refractivity contribution < 1.29 is 4.79 Å². The van der Waals surface area contributed by atoms with Gasteiger partial charge in [-0.05, 0) is 38.1 Å². The summed E-state index contributed by atoms with van der Waals surface area (Å²) in [4.78, 5) is 19.0. The number of carbonyl (C=O) groups is 1. The van der Waals surface area contributed by atoms with E-state index in [1.165, 1.54) is 0 Å². The van der Waals surface area contributed by atoms with Gasteiger partial charge in [-0.1, -0.05) is 36.2 Å². The van der Waals surface area contributed by atoms with Gasteiger partial charge in [0.1, 0.15) is 11.5 Å². The van der Waals surface area contributed by atoms with Crippen molar-refractivity contribution in [1.82, 2.24) is 25.0 Å². The Labute approximate surface area is 169 Å². The van der Waals surface area contributed by atoms with E-state index in [1.807, 2.05) is 18.9 Å². The molecule has 1 N–H and O–H groups in total. The van der Waals surface area contributed by atoms with Crippen molar-refractivity contribution in [1.29, 1.82) is 0 Å². The van der Waals surface area contributed by atoms with Gasteiger partial charge in [0, 0.05) is 19.5 Å². The highest BCUT2D eigenvalue weighted by molar-refractivity contribution is 6.37. The zero-order chi connectivity index (χ0) is 18.0. The highest BCUT2D eigenvalue weighted by atomic mass is 35.5. The lowest BCUT2D eigenvalue weighted by Crippen LogP contribution is -2.31. The molecule has 1 aromatic heterocycles. The molecule has 1 aliphatic heterocycles. The molecule has 9 heteroatoms. The van der Waals surface area contributed by atoms with Crippen molar-refractivity contribution in [2.75, 3.05) is 26.7 Å². The molecule has 1 amide bonds. The molecular weight excluding hydrogens is 397 g/mol. The Balaban J connectivity index is 0.00000243. The Morgan fingerprint density at radius 3 is 2.65 bits per heavy atom. The van der Waals surface area contributed by atoms with Crippen LogP contribution in [-0.4, -0.2) is 52.3 Å². The Morgan fingerprint density at radius 1 is 1.35 bits per heavy atom. The van der Waals surface area contributed by atoms with Gasteiger partial charge in [-0.2, -0.15) is 0 Å². The lowest BCUT2D eigenvalue weighted by atomic mass is 10.1. The second kappa shape index (κ2) is 9.04. The summed E-state index contributed by atoms with van der Waals surface area (Å²) in [7, 11) is 1.93. The molecule has 0 bridgehead atoms. The maximum atomic E-state index is 12.8. The van der Waals surface area contributed by atoms with Gasteiger partial charge in [0.2, 0.25) is 5.82 Å². The van der Waals surface area contributed by atoms with E-state index in [1.54, 1.807) is 22.9 Å². The molecule has 1 unspecified atom stereocenters. The maximum Gasteiger partial charge on any atom is 0.293 e. The first-order valence-corrected chi connectivity index (χ1v) is 9.15. The fraction of sp³-hybridized carbons (Fsp3) is 0.471. The molecule has 3 rings (SSSR count). The first-order valence-electron chi connectivity index (χ1n) is 8.39. The van der Waals surface area contributed by atoms with Crippen molar-refractivity contribution in [3.8, 4) is 5.69 Å². The summed E-state index contributed by atoms with van der Waals surface area (Å²) in [5, 5.41) is 8.53. The Kier molecular flexibility index (Phi) is 7.29. The number of halogens is 3. The molecule has 0 saturated carbocycles. The van der Waals surface area contributed by atoms with Crippen LogP contribution in [0.3, 0.4) is 0 Å². The fourth-order valence-corrected chi connectivity index (χ4v) is 3.71. The average molecular weight is 419 g/mol. The van der Waals surface area contributed by atoms with Gasteiger partial charge >= 0.3 is 0 Å². The first-order chi connectivity index (χ1) is 12.0. The molecule has 1 aromatic carbocycles. The Morgan fingerprint density at radius 2 is 2.04 bits per heavy atom. The lowest BCUT2D eigenvalue weighted by Gasteiger charge is -2.14. The van der Waals surface area contributed by atoms with Gasteiger partial charge in [-0.25, -0.2) is 9.67 Å². The smallest absolute Gasteiger partial charge is 0.293 e. The van der Waals surface area contributed by atoms with Crippen LogP contribution in [0, 0.1) is 5.92 Å². The number of amides is 1. The summed E-state index contributed by atoms with van der Waals surface area (Å²) in [5.41, 5.74) is 0.559. The molecular formula is C17H22Cl3N5O. The summed E-state index contributed by atoms with van der Waals surface area (Å²) in [6.45, 7) is 4.32. The molecule has 0 aliphatic carbocycles. The third-order valence-corrected chi connectivity index (χ3v) is 5.01. The second-order valence-corrected chi connectivity index (χ2v) is 6.97. The van der Waals surface area contributed by atoms with Gasteiger partial charge in [0.05, 0.1) is 10.0 Å². The van der Waals surface area contributed by atoms with Gasteiger partial charge in [-0.15, -0.1) is 17.5 Å². The molecule has 2 heterocycles. The zero-order valence-electron chi connectivity index (χ0n) is 14.7. The second-order valence-electron chi connectivity index (χ2n) is 6.15. The van der Waals surface area contributed by atoms with Crippen molar-refractivity contribution >= 4 is 41.5 Å². The molecule has 1 fully saturated rings. The lowest BCUT2D eigenvalue weighted by molar-refractivity contribution is 0.0775. The van der Waals surface area contributed by atoms with Crippen LogP contribution in [0.1, 0.15) is 29.8 Å². The summed E-state index contributed by atoms with van der Waals surface area (Å²) in [6.07, 6.45) is 1.61. The van der Waals surface area contributed by atoms with Crippen LogP contribution in [0.15, 0.2) is 18.2 Å². The Hall–Kier alpha value is -1.34. The van der Waals surface area contributed by atoms with Crippen molar-refractivity contribution in [2.24, 2.45) is 5.92 Å². The van der Waals surface area contributed by atoms with E-state index in [2.05, 4.69) is 15.4 Å². The van der Waals surface area contributed by atoms with Crippen LogP contribution < -0.4 is 5.32 Å². The summed E-state index contributed by atoms with van der Waals surface area (Å²) in [6, 6.07) is 5.26. The summed E-state index contributed by atoms with van der Waals surface area (Å²) in [5.74, 6) is 1.18. The number of carbonyl (C=O) groups excluding carboxylic acids is 1. The molecule has 1 aliphatic rings. The van der Waals surface area contributed by atoms with Gasteiger partial charge in [-0.3, -0.25) is 4.79 Å². The molecule has 0 radical (unpaired) electrons. The predicted octanol–water partition coefficient (Wildman–Crippen LogP) is 3.24. The topological polar surface area (TPSA) is 63.1 Å². The van der Waals surface area contributed by atoms with Crippen LogP contribution in [0.5, 0.6) is 0 Å². The van der Waals surface area contributed by atoms with Crippen molar-refractivity contribution in [3.05, 3.63) is 39.9 Å². The standard InChI is InChI=1S/C17H21Cl2N5O.ClH/c1-3-14-21-16(17(25)23-8-7-11(10-23)9-20-2)22-24(14)15-12(18)5-4-6-13(15)19;/h4-6,11,20H,3,7-10H2,1-2H3;1H. The van der Waals surface area contributed by atoms with Crippen molar-refractivity contribution in [2.45, 2.75) is 19.8 Å². The number of hydrogen-bond acceptors (Lipinski definition) is 4. The van der Waals surface area contributed by atoms with E-state index < -0.39 is 0 Å². The third-order valence-electron chi connectivity index (χ3n) is 4.40.